The molecule has 1 fully saturated rings. The largest absolute Gasteiger partial charge is 0.357 e. The fraction of sp³-hybridized carbons (Fsp3) is 0.789. The van der Waals surface area contributed by atoms with Crippen molar-refractivity contribution in [2.24, 2.45) is 10.9 Å². The van der Waals surface area contributed by atoms with Gasteiger partial charge in [0.25, 0.3) is 0 Å². The lowest BCUT2D eigenvalue weighted by Crippen LogP contribution is -2.46. The molecule has 142 valence electrons. The van der Waals surface area contributed by atoms with Crippen molar-refractivity contribution < 1.29 is 0 Å². The summed E-state index contributed by atoms with van der Waals surface area (Å²) in [6, 6.07) is 1.07. The minimum Gasteiger partial charge on any atom is -0.357 e. The molecule has 1 saturated heterocycles. The summed E-state index contributed by atoms with van der Waals surface area (Å²) in [5.41, 5.74) is 1.24. The Morgan fingerprint density at radius 2 is 2.12 bits per heavy atom. The molecule has 6 heteroatoms. The van der Waals surface area contributed by atoms with Crippen LogP contribution in [0.3, 0.4) is 0 Å². The van der Waals surface area contributed by atoms with E-state index in [-0.39, 0.29) is 0 Å². The Morgan fingerprint density at radius 3 is 2.68 bits per heavy atom. The minimum absolute atomic E-state index is 0.467. The van der Waals surface area contributed by atoms with Crippen molar-refractivity contribution >= 4 is 17.3 Å². The minimum atomic E-state index is 0.467. The van der Waals surface area contributed by atoms with Crippen LogP contribution in [0.5, 0.6) is 0 Å². The first kappa shape index (κ1) is 20.2. The van der Waals surface area contributed by atoms with Crippen molar-refractivity contribution in [1.82, 2.24) is 20.5 Å². The summed E-state index contributed by atoms with van der Waals surface area (Å²) >= 11 is 1.81. The molecule has 2 atom stereocenters. The second-order valence-corrected chi connectivity index (χ2v) is 8.54. The third-order valence-corrected chi connectivity index (χ3v) is 5.98. The molecular formula is C19H35N5S. The third kappa shape index (κ3) is 5.68. The Morgan fingerprint density at radius 1 is 1.36 bits per heavy atom. The number of guanidine groups is 1. The van der Waals surface area contributed by atoms with E-state index in [1.165, 1.54) is 15.6 Å². The Labute approximate surface area is 157 Å². The van der Waals surface area contributed by atoms with Crippen LogP contribution in [0, 0.1) is 12.8 Å². The van der Waals surface area contributed by atoms with Gasteiger partial charge in [-0.25, -0.2) is 4.98 Å². The van der Waals surface area contributed by atoms with Crippen molar-refractivity contribution in [3.8, 4) is 0 Å². The number of aliphatic imine (C=N–C) groups is 1. The molecule has 1 aromatic rings. The van der Waals surface area contributed by atoms with Crippen LogP contribution in [-0.4, -0.2) is 54.1 Å². The van der Waals surface area contributed by atoms with Crippen LogP contribution >= 0.6 is 11.3 Å². The summed E-state index contributed by atoms with van der Waals surface area (Å²) in [5, 5.41) is 8.24. The second kappa shape index (κ2) is 9.53. The highest BCUT2D eigenvalue weighted by Gasteiger charge is 2.31. The zero-order valence-corrected chi connectivity index (χ0v) is 17.5. The fourth-order valence-corrected chi connectivity index (χ4v) is 4.31. The maximum atomic E-state index is 4.78. The number of thiazole rings is 1. The molecule has 5 nitrogen and oxygen atoms in total. The molecule has 2 heterocycles. The molecule has 0 radical (unpaired) electrons. The van der Waals surface area contributed by atoms with Gasteiger partial charge in [-0.15, -0.1) is 11.3 Å². The molecule has 1 aromatic heterocycles. The SMILES string of the molecule is CCNC(=NCCc1nc(CC)c(C)s1)NC1CN(C(C)C)CC1C. The molecule has 0 bridgehead atoms. The molecule has 1 aliphatic heterocycles. The van der Waals surface area contributed by atoms with Gasteiger partial charge in [0.05, 0.1) is 10.7 Å². The summed E-state index contributed by atoms with van der Waals surface area (Å²) in [7, 11) is 0. The first-order chi connectivity index (χ1) is 11.9. The molecule has 0 aliphatic carbocycles. The third-order valence-electron chi connectivity index (χ3n) is 4.90. The topological polar surface area (TPSA) is 52.6 Å². The maximum Gasteiger partial charge on any atom is 0.191 e. The van der Waals surface area contributed by atoms with Crippen LogP contribution in [-0.2, 0) is 12.8 Å². The lowest BCUT2D eigenvalue weighted by molar-refractivity contribution is 0.265. The number of aromatic nitrogens is 1. The maximum absolute atomic E-state index is 4.78. The summed E-state index contributed by atoms with van der Waals surface area (Å²) in [6.45, 7) is 17.2. The predicted octanol–water partition coefficient (Wildman–Crippen LogP) is 2.84. The van der Waals surface area contributed by atoms with E-state index in [2.05, 4.69) is 57.1 Å². The van der Waals surface area contributed by atoms with Gasteiger partial charge < -0.3 is 10.6 Å². The number of hydrogen-bond acceptors (Lipinski definition) is 4. The molecule has 2 N–H and O–H groups in total. The summed E-state index contributed by atoms with van der Waals surface area (Å²) < 4.78 is 0. The smallest absolute Gasteiger partial charge is 0.191 e. The first-order valence-corrected chi connectivity index (χ1v) is 10.5. The average Bonchev–Trinajstić information content (AvgIpc) is 3.10. The average molecular weight is 366 g/mol. The first-order valence-electron chi connectivity index (χ1n) is 9.68. The molecule has 1 aliphatic rings. The van der Waals surface area contributed by atoms with Gasteiger partial charge in [-0.05, 0) is 40.0 Å². The zero-order chi connectivity index (χ0) is 18.4. The summed E-state index contributed by atoms with van der Waals surface area (Å²) in [4.78, 5) is 13.4. The molecular weight excluding hydrogens is 330 g/mol. The van der Waals surface area contributed by atoms with Crippen molar-refractivity contribution in [2.75, 3.05) is 26.2 Å². The van der Waals surface area contributed by atoms with E-state index in [1.807, 2.05) is 11.3 Å². The highest BCUT2D eigenvalue weighted by molar-refractivity contribution is 7.11. The molecule has 2 rings (SSSR count). The Bertz CT molecular complexity index is 566. The standard InChI is InChI=1S/C19H35N5S/c1-7-16-15(6)25-18(22-16)9-10-21-19(20-8-2)23-17-12-24(13(3)4)11-14(17)5/h13-14,17H,7-12H2,1-6H3,(H2,20,21,23). The highest BCUT2D eigenvalue weighted by atomic mass is 32.1. The van der Waals surface area contributed by atoms with Crippen molar-refractivity contribution in [3.63, 3.8) is 0 Å². The molecule has 0 amide bonds. The number of rotatable bonds is 7. The lowest BCUT2D eigenvalue weighted by atomic mass is 10.1. The lowest BCUT2D eigenvalue weighted by Gasteiger charge is -2.21. The van der Waals surface area contributed by atoms with Crippen LogP contribution in [0.4, 0.5) is 0 Å². The molecule has 2 unspecified atom stereocenters. The monoisotopic (exact) mass is 365 g/mol. The van der Waals surface area contributed by atoms with Gasteiger partial charge in [-0.2, -0.15) is 0 Å². The Hall–Kier alpha value is -1.14. The second-order valence-electron chi connectivity index (χ2n) is 7.25. The van der Waals surface area contributed by atoms with Crippen molar-refractivity contribution in [1.29, 1.82) is 0 Å². The number of nitrogens with zero attached hydrogens (tertiary/aromatic N) is 3. The molecule has 0 spiro atoms. The number of likely N-dealkylation sites (tertiary alicyclic amines) is 1. The summed E-state index contributed by atoms with van der Waals surface area (Å²) in [6.07, 6.45) is 1.93. The van der Waals surface area contributed by atoms with Crippen molar-refractivity contribution in [3.05, 3.63) is 15.6 Å². The van der Waals surface area contributed by atoms with E-state index in [4.69, 9.17) is 9.98 Å². The van der Waals surface area contributed by atoms with E-state index < -0.39 is 0 Å². The molecule has 0 aromatic carbocycles. The van der Waals surface area contributed by atoms with E-state index >= 15 is 0 Å². The van der Waals surface area contributed by atoms with Gasteiger partial charge in [0, 0.05) is 49.6 Å². The number of aryl methyl sites for hydroxylation is 2. The van der Waals surface area contributed by atoms with Crippen LogP contribution in [0.15, 0.2) is 4.99 Å². The molecule has 25 heavy (non-hydrogen) atoms. The Kier molecular flexibility index (Phi) is 7.69. The van der Waals surface area contributed by atoms with Crippen LogP contribution < -0.4 is 10.6 Å². The number of nitrogens with one attached hydrogen (secondary N) is 2. The van der Waals surface area contributed by atoms with Gasteiger partial charge in [-0.1, -0.05) is 13.8 Å². The van der Waals surface area contributed by atoms with Gasteiger partial charge in [0.2, 0.25) is 0 Å². The van der Waals surface area contributed by atoms with E-state index in [0.717, 1.165) is 45.0 Å². The number of hydrogen-bond donors (Lipinski definition) is 2. The van der Waals surface area contributed by atoms with Gasteiger partial charge in [0.15, 0.2) is 5.96 Å². The van der Waals surface area contributed by atoms with Gasteiger partial charge in [0.1, 0.15) is 0 Å². The quantitative estimate of drug-likeness (QED) is 0.576. The highest BCUT2D eigenvalue weighted by Crippen LogP contribution is 2.19. The van der Waals surface area contributed by atoms with Crippen LogP contribution in [0.25, 0.3) is 0 Å². The van der Waals surface area contributed by atoms with Gasteiger partial charge >= 0.3 is 0 Å². The van der Waals surface area contributed by atoms with Crippen LogP contribution in [0.2, 0.25) is 0 Å². The normalized spacial score (nSPS) is 22.0. The van der Waals surface area contributed by atoms with E-state index in [0.29, 0.717) is 18.0 Å². The Balaban J connectivity index is 1.91. The molecule has 0 saturated carbocycles. The van der Waals surface area contributed by atoms with Gasteiger partial charge in [-0.3, -0.25) is 9.89 Å². The van der Waals surface area contributed by atoms with E-state index in [1.54, 1.807) is 0 Å². The van der Waals surface area contributed by atoms with Crippen molar-refractivity contribution in [2.45, 2.75) is 66.5 Å². The predicted molar refractivity (Wildman–Crippen MR) is 109 cm³/mol. The van der Waals surface area contributed by atoms with Crippen LogP contribution in [0.1, 0.15) is 50.2 Å². The van der Waals surface area contributed by atoms with E-state index in [9.17, 15) is 0 Å². The summed E-state index contributed by atoms with van der Waals surface area (Å²) in [5.74, 6) is 1.58. The fourth-order valence-electron chi connectivity index (χ4n) is 3.30. The zero-order valence-electron chi connectivity index (χ0n) is 16.7.